The molecular weight excluding hydrogens is 194 g/mol. The van der Waals surface area contributed by atoms with Crippen LogP contribution in [0.1, 0.15) is 6.92 Å². The van der Waals surface area contributed by atoms with Crippen LogP contribution in [0.3, 0.4) is 0 Å². The number of rotatable bonds is 4. The van der Waals surface area contributed by atoms with E-state index < -0.39 is 30.9 Å². The zero-order valence-corrected chi connectivity index (χ0v) is 6.73. The minimum absolute atomic E-state index is 0.485. The van der Waals surface area contributed by atoms with Gasteiger partial charge in [0.05, 0.1) is 6.10 Å². The van der Waals surface area contributed by atoms with Crippen LogP contribution in [0.5, 0.6) is 0 Å². The van der Waals surface area contributed by atoms with Gasteiger partial charge in [-0.3, -0.25) is 4.79 Å². The van der Waals surface area contributed by atoms with Crippen molar-refractivity contribution in [1.29, 1.82) is 0 Å². The summed E-state index contributed by atoms with van der Waals surface area (Å²) in [5.41, 5.74) is 0. The highest BCUT2D eigenvalue weighted by molar-refractivity contribution is 5.83. The molecule has 0 aliphatic heterocycles. The maximum Gasteiger partial charge on any atom is 0.383 e. The monoisotopic (exact) mass is 203 g/mol. The van der Waals surface area contributed by atoms with E-state index in [-0.39, 0.29) is 0 Å². The summed E-state index contributed by atoms with van der Waals surface area (Å²) in [5, 5.41) is 10.0. The Balaban J connectivity index is 4.10. The van der Waals surface area contributed by atoms with Crippen molar-refractivity contribution in [3.63, 3.8) is 0 Å². The van der Waals surface area contributed by atoms with Crippen LogP contribution in [0.2, 0.25) is 0 Å². The Hall–Kier alpha value is -0.850. The predicted molar refractivity (Wildman–Crippen MR) is 35.6 cm³/mol. The van der Waals surface area contributed by atoms with Crippen LogP contribution in [0.25, 0.3) is 0 Å². The summed E-state index contributed by atoms with van der Waals surface area (Å²) in [7, 11) is 0. The number of nitrogens with one attached hydrogen (secondary N) is 1. The van der Waals surface area contributed by atoms with Gasteiger partial charge in [0.1, 0.15) is 0 Å². The van der Waals surface area contributed by atoms with Crippen LogP contribution < -0.4 is 5.32 Å². The minimum Gasteiger partial charge on any atom is -0.392 e. The van der Waals surface area contributed by atoms with Crippen LogP contribution in [0.4, 0.5) is 17.6 Å². The van der Waals surface area contributed by atoms with E-state index >= 15 is 0 Å². The van der Waals surface area contributed by atoms with Crippen molar-refractivity contribution < 1.29 is 27.5 Å². The highest BCUT2D eigenvalue weighted by Gasteiger charge is 2.48. The third-order valence-electron chi connectivity index (χ3n) is 1.13. The molecule has 2 N–H and O–H groups in total. The largest absolute Gasteiger partial charge is 0.392 e. The van der Waals surface area contributed by atoms with Gasteiger partial charge < -0.3 is 10.4 Å². The fraction of sp³-hybridized carbons (Fsp3) is 0.833. The molecule has 0 unspecified atom stereocenters. The summed E-state index contributed by atoms with van der Waals surface area (Å²) in [5.74, 6) is -6.78. The average molecular weight is 203 g/mol. The highest BCUT2D eigenvalue weighted by atomic mass is 19.3. The van der Waals surface area contributed by atoms with Crippen LogP contribution in [0, 0.1) is 0 Å². The van der Waals surface area contributed by atoms with E-state index in [1.165, 1.54) is 12.2 Å². The van der Waals surface area contributed by atoms with Crippen LogP contribution in [-0.4, -0.2) is 36.0 Å². The summed E-state index contributed by atoms with van der Waals surface area (Å²) in [6, 6.07) is 0. The second-order valence-corrected chi connectivity index (χ2v) is 2.48. The molecule has 0 aromatic carbocycles. The molecule has 0 heterocycles. The molecule has 0 rings (SSSR count). The number of halogens is 4. The summed E-state index contributed by atoms with van der Waals surface area (Å²) in [6.07, 6.45) is -5.10. The molecule has 0 radical (unpaired) electrons. The summed E-state index contributed by atoms with van der Waals surface area (Å²) in [6.45, 7) is 0.738. The maximum absolute atomic E-state index is 12.1. The standard InChI is InChI=1S/C6H9F4NO2/c1-3(12)2-11-5(13)6(9,10)4(7)8/h3-4,12H,2H2,1H3,(H,11,13)/t3-/m1/s1. The third kappa shape index (κ3) is 3.58. The molecule has 0 spiro atoms. The number of alkyl halides is 4. The van der Waals surface area contributed by atoms with Crippen molar-refractivity contribution in [1.82, 2.24) is 5.32 Å². The van der Waals surface area contributed by atoms with Crippen molar-refractivity contribution in [2.45, 2.75) is 25.4 Å². The van der Waals surface area contributed by atoms with Crippen LogP contribution in [-0.2, 0) is 4.79 Å². The summed E-state index contributed by atoms with van der Waals surface area (Å²) >= 11 is 0. The molecule has 0 fully saturated rings. The number of aliphatic hydroxyl groups excluding tert-OH is 1. The Morgan fingerprint density at radius 2 is 2.00 bits per heavy atom. The average Bonchev–Trinajstić information content (AvgIpc) is 1.99. The summed E-state index contributed by atoms with van der Waals surface area (Å²) < 4.78 is 47.3. The molecule has 1 atom stereocenters. The van der Waals surface area contributed by atoms with Gasteiger partial charge in [0.15, 0.2) is 0 Å². The molecule has 1 amide bonds. The van der Waals surface area contributed by atoms with Crippen molar-refractivity contribution >= 4 is 5.91 Å². The number of carbonyl (C=O) groups is 1. The molecule has 0 bridgehead atoms. The van der Waals surface area contributed by atoms with Crippen LogP contribution >= 0.6 is 0 Å². The number of aliphatic hydroxyl groups is 1. The zero-order chi connectivity index (χ0) is 10.6. The van der Waals surface area contributed by atoms with Gasteiger partial charge in [-0.2, -0.15) is 8.78 Å². The molecule has 7 heteroatoms. The molecule has 0 saturated carbocycles. The van der Waals surface area contributed by atoms with E-state index in [4.69, 9.17) is 5.11 Å². The topological polar surface area (TPSA) is 49.3 Å². The first kappa shape index (κ1) is 12.2. The third-order valence-corrected chi connectivity index (χ3v) is 1.13. The van der Waals surface area contributed by atoms with E-state index in [0.29, 0.717) is 0 Å². The predicted octanol–water partition coefficient (Wildman–Crippen LogP) is 0.384. The Morgan fingerprint density at radius 1 is 1.54 bits per heavy atom. The first-order chi connectivity index (χ1) is 5.78. The van der Waals surface area contributed by atoms with Gasteiger partial charge in [-0.1, -0.05) is 0 Å². The molecule has 0 aromatic heterocycles. The van der Waals surface area contributed by atoms with Gasteiger partial charge in [-0.25, -0.2) is 8.78 Å². The fourth-order valence-electron chi connectivity index (χ4n) is 0.457. The molecule has 78 valence electrons. The molecular formula is C6H9F4NO2. The second kappa shape index (κ2) is 4.40. The Bertz CT molecular complexity index is 183. The van der Waals surface area contributed by atoms with Gasteiger partial charge in [0.2, 0.25) is 0 Å². The maximum atomic E-state index is 12.1. The lowest BCUT2D eigenvalue weighted by molar-refractivity contribution is -0.169. The number of hydrogen-bond donors (Lipinski definition) is 2. The molecule has 13 heavy (non-hydrogen) atoms. The second-order valence-electron chi connectivity index (χ2n) is 2.48. The van der Waals surface area contributed by atoms with Crippen molar-refractivity contribution in [3.05, 3.63) is 0 Å². The normalized spacial score (nSPS) is 14.4. The number of amides is 1. The van der Waals surface area contributed by atoms with Gasteiger partial charge in [0.25, 0.3) is 5.91 Å². The first-order valence-corrected chi connectivity index (χ1v) is 3.40. The van der Waals surface area contributed by atoms with Gasteiger partial charge in [-0.15, -0.1) is 0 Å². The molecule has 0 aliphatic carbocycles. The summed E-state index contributed by atoms with van der Waals surface area (Å²) in [4.78, 5) is 10.4. The lowest BCUT2D eigenvalue weighted by atomic mass is 10.3. The van der Waals surface area contributed by atoms with Crippen molar-refractivity contribution in [2.24, 2.45) is 0 Å². The molecule has 0 aliphatic rings. The Morgan fingerprint density at radius 3 is 2.31 bits per heavy atom. The van der Waals surface area contributed by atoms with Gasteiger partial charge >= 0.3 is 12.3 Å². The van der Waals surface area contributed by atoms with E-state index in [0.717, 1.165) is 0 Å². The molecule has 0 saturated heterocycles. The smallest absolute Gasteiger partial charge is 0.383 e. The zero-order valence-electron chi connectivity index (χ0n) is 6.73. The fourth-order valence-corrected chi connectivity index (χ4v) is 0.457. The highest BCUT2D eigenvalue weighted by Crippen LogP contribution is 2.22. The number of hydrogen-bond acceptors (Lipinski definition) is 2. The first-order valence-electron chi connectivity index (χ1n) is 3.40. The Labute approximate surface area is 71.7 Å². The van der Waals surface area contributed by atoms with E-state index in [1.54, 1.807) is 0 Å². The quantitative estimate of drug-likeness (QED) is 0.649. The minimum atomic E-state index is -4.70. The SMILES string of the molecule is C[C@@H](O)CNC(=O)C(F)(F)C(F)F. The van der Waals surface area contributed by atoms with Crippen molar-refractivity contribution in [3.8, 4) is 0 Å². The van der Waals surface area contributed by atoms with Gasteiger partial charge in [-0.05, 0) is 6.92 Å². The van der Waals surface area contributed by atoms with Gasteiger partial charge in [0, 0.05) is 6.54 Å². The molecule has 0 aromatic rings. The lowest BCUT2D eigenvalue weighted by Gasteiger charge is -2.15. The van der Waals surface area contributed by atoms with E-state index in [9.17, 15) is 22.4 Å². The van der Waals surface area contributed by atoms with E-state index in [2.05, 4.69) is 0 Å². The van der Waals surface area contributed by atoms with Crippen molar-refractivity contribution in [2.75, 3.05) is 6.54 Å². The number of carbonyl (C=O) groups excluding carboxylic acids is 1. The molecule has 3 nitrogen and oxygen atoms in total. The van der Waals surface area contributed by atoms with E-state index in [1.807, 2.05) is 0 Å². The van der Waals surface area contributed by atoms with Crippen LogP contribution in [0.15, 0.2) is 0 Å². The lowest BCUT2D eigenvalue weighted by Crippen LogP contribution is -2.46. The Kier molecular flexibility index (Phi) is 4.12.